The van der Waals surface area contributed by atoms with Gasteiger partial charge < -0.3 is 14.8 Å². The molecule has 0 saturated heterocycles. The molecule has 25 heavy (non-hydrogen) atoms. The standard InChI is InChI=1S/C19H20ClNO4/c1-24-19(23)18(14-8-3-2-4-9-14)21-17(22)12-7-13-25-16-11-6-5-10-15(16)20/h2-6,8-11,18H,7,12-13H2,1H3,(H,21,22). The van der Waals surface area contributed by atoms with E-state index in [4.69, 9.17) is 21.1 Å². The van der Waals surface area contributed by atoms with Crippen molar-refractivity contribution in [2.24, 2.45) is 0 Å². The molecule has 132 valence electrons. The molecule has 0 radical (unpaired) electrons. The molecule has 0 saturated carbocycles. The summed E-state index contributed by atoms with van der Waals surface area (Å²) in [6, 6.07) is 15.3. The number of halogens is 1. The van der Waals surface area contributed by atoms with Gasteiger partial charge in [-0.1, -0.05) is 54.1 Å². The van der Waals surface area contributed by atoms with Crippen molar-refractivity contribution in [3.63, 3.8) is 0 Å². The zero-order chi connectivity index (χ0) is 18.1. The summed E-state index contributed by atoms with van der Waals surface area (Å²) in [5.41, 5.74) is 0.676. The highest BCUT2D eigenvalue weighted by Crippen LogP contribution is 2.23. The van der Waals surface area contributed by atoms with E-state index in [1.54, 1.807) is 36.4 Å². The van der Waals surface area contributed by atoms with E-state index >= 15 is 0 Å². The molecular weight excluding hydrogens is 342 g/mol. The monoisotopic (exact) mass is 361 g/mol. The molecule has 0 heterocycles. The van der Waals surface area contributed by atoms with Crippen LogP contribution in [0.1, 0.15) is 24.4 Å². The third kappa shape index (κ3) is 5.80. The second-order valence-corrected chi connectivity index (χ2v) is 5.72. The summed E-state index contributed by atoms with van der Waals surface area (Å²) in [5, 5.41) is 3.23. The van der Waals surface area contributed by atoms with Crippen molar-refractivity contribution >= 4 is 23.5 Å². The Kier molecular flexibility index (Phi) is 7.29. The first-order chi connectivity index (χ1) is 12.1. The van der Waals surface area contributed by atoms with Crippen LogP contribution in [0.25, 0.3) is 0 Å². The van der Waals surface area contributed by atoms with Gasteiger partial charge in [-0.3, -0.25) is 4.79 Å². The van der Waals surface area contributed by atoms with Crippen molar-refractivity contribution in [2.45, 2.75) is 18.9 Å². The van der Waals surface area contributed by atoms with Crippen LogP contribution in [0.2, 0.25) is 5.02 Å². The Morgan fingerprint density at radius 2 is 1.76 bits per heavy atom. The summed E-state index contributed by atoms with van der Waals surface area (Å²) in [6.07, 6.45) is 0.727. The van der Waals surface area contributed by atoms with E-state index in [1.165, 1.54) is 7.11 Å². The van der Waals surface area contributed by atoms with Crippen LogP contribution in [0.15, 0.2) is 54.6 Å². The summed E-state index contributed by atoms with van der Waals surface area (Å²) >= 11 is 6.00. The van der Waals surface area contributed by atoms with E-state index in [0.717, 1.165) is 0 Å². The number of esters is 1. The summed E-state index contributed by atoms with van der Waals surface area (Å²) in [6.45, 7) is 0.353. The minimum absolute atomic E-state index is 0.227. The molecule has 2 aromatic rings. The Labute approximate surface area is 151 Å². The van der Waals surface area contributed by atoms with Crippen LogP contribution in [0.5, 0.6) is 5.75 Å². The minimum atomic E-state index is -0.816. The molecule has 0 aromatic heterocycles. The van der Waals surface area contributed by atoms with Gasteiger partial charge in [0.25, 0.3) is 0 Å². The first kappa shape index (κ1) is 18.8. The van der Waals surface area contributed by atoms with Gasteiger partial charge in [-0.2, -0.15) is 0 Å². The lowest BCUT2D eigenvalue weighted by Gasteiger charge is -2.17. The van der Waals surface area contributed by atoms with Crippen molar-refractivity contribution in [1.29, 1.82) is 0 Å². The van der Waals surface area contributed by atoms with E-state index in [2.05, 4.69) is 5.32 Å². The first-order valence-electron chi connectivity index (χ1n) is 7.91. The molecule has 0 aliphatic carbocycles. The molecule has 6 heteroatoms. The molecule has 0 aliphatic rings. The fraction of sp³-hybridized carbons (Fsp3) is 0.263. The summed E-state index contributed by atoms with van der Waals surface area (Å²) in [5.74, 6) is -0.171. The number of para-hydroxylation sites is 1. The Morgan fingerprint density at radius 1 is 1.08 bits per heavy atom. The van der Waals surface area contributed by atoms with Gasteiger partial charge in [-0.25, -0.2) is 4.79 Å². The van der Waals surface area contributed by atoms with Gasteiger partial charge >= 0.3 is 5.97 Å². The third-order valence-electron chi connectivity index (χ3n) is 3.52. The molecule has 0 spiro atoms. The van der Waals surface area contributed by atoms with Crippen LogP contribution in [0.4, 0.5) is 0 Å². The lowest BCUT2D eigenvalue weighted by atomic mass is 10.1. The SMILES string of the molecule is COC(=O)C(NC(=O)CCCOc1ccccc1Cl)c1ccccc1. The van der Waals surface area contributed by atoms with Crippen molar-refractivity contribution < 1.29 is 19.1 Å². The lowest BCUT2D eigenvalue weighted by Crippen LogP contribution is -2.34. The summed E-state index contributed by atoms with van der Waals surface area (Å²) in [4.78, 5) is 24.0. The number of benzene rings is 2. The van der Waals surface area contributed by atoms with Crippen molar-refractivity contribution in [2.75, 3.05) is 13.7 Å². The van der Waals surface area contributed by atoms with Crippen LogP contribution >= 0.6 is 11.6 Å². The predicted molar refractivity (Wildman–Crippen MR) is 95.5 cm³/mol. The van der Waals surface area contributed by atoms with Crippen molar-refractivity contribution in [3.8, 4) is 5.75 Å². The highest BCUT2D eigenvalue weighted by molar-refractivity contribution is 6.32. The van der Waals surface area contributed by atoms with E-state index < -0.39 is 12.0 Å². The van der Waals surface area contributed by atoms with E-state index in [-0.39, 0.29) is 12.3 Å². The first-order valence-corrected chi connectivity index (χ1v) is 8.29. The molecule has 1 N–H and O–H groups in total. The van der Waals surface area contributed by atoms with Gasteiger partial charge in [0, 0.05) is 6.42 Å². The number of ether oxygens (including phenoxy) is 2. The Hall–Kier alpha value is -2.53. The number of rotatable bonds is 8. The average Bonchev–Trinajstić information content (AvgIpc) is 2.64. The van der Waals surface area contributed by atoms with Crippen LogP contribution in [-0.4, -0.2) is 25.6 Å². The Bertz CT molecular complexity index is 706. The second kappa shape index (κ2) is 9.69. The normalized spacial score (nSPS) is 11.4. The Balaban J connectivity index is 1.83. The molecule has 0 fully saturated rings. The number of methoxy groups -OCH3 is 1. The van der Waals surface area contributed by atoms with Crippen LogP contribution in [-0.2, 0) is 14.3 Å². The average molecular weight is 362 g/mol. The molecule has 2 aromatic carbocycles. The lowest BCUT2D eigenvalue weighted by molar-refractivity contribution is -0.145. The van der Waals surface area contributed by atoms with Crippen molar-refractivity contribution in [3.05, 3.63) is 65.2 Å². The van der Waals surface area contributed by atoms with Gasteiger partial charge in [0.2, 0.25) is 5.91 Å². The number of carbonyl (C=O) groups excluding carboxylic acids is 2. The molecule has 2 rings (SSSR count). The predicted octanol–water partition coefficient (Wildman–Crippen LogP) is 3.53. The van der Waals surface area contributed by atoms with E-state index in [9.17, 15) is 9.59 Å². The fourth-order valence-corrected chi connectivity index (χ4v) is 2.44. The van der Waals surface area contributed by atoms with Gasteiger partial charge in [0.1, 0.15) is 5.75 Å². The van der Waals surface area contributed by atoms with E-state index in [0.29, 0.717) is 29.4 Å². The molecule has 1 unspecified atom stereocenters. The number of nitrogens with one attached hydrogen (secondary N) is 1. The summed E-state index contributed by atoms with van der Waals surface area (Å²) in [7, 11) is 1.29. The highest BCUT2D eigenvalue weighted by atomic mass is 35.5. The summed E-state index contributed by atoms with van der Waals surface area (Å²) < 4.78 is 10.3. The highest BCUT2D eigenvalue weighted by Gasteiger charge is 2.23. The Morgan fingerprint density at radius 3 is 2.44 bits per heavy atom. The van der Waals surface area contributed by atoms with Gasteiger partial charge in [0.05, 0.1) is 18.7 Å². The third-order valence-corrected chi connectivity index (χ3v) is 3.83. The largest absolute Gasteiger partial charge is 0.492 e. The second-order valence-electron chi connectivity index (χ2n) is 5.32. The molecular formula is C19H20ClNO4. The van der Waals surface area contributed by atoms with Gasteiger partial charge in [0.15, 0.2) is 6.04 Å². The smallest absolute Gasteiger partial charge is 0.333 e. The van der Waals surface area contributed by atoms with Crippen LogP contribution in [0, 0.1) is 0 Å². The number of amides is 1. The van der Waals surface area contributed by atoms with E-state index in [1.807, 2.05) is 18.2 Å². The number of hydrogen-bond acceptors (Lipinski definition) is 4. The molecule has 0 aliphatic heterocycles. The maximum atomic E-state index is 12.1. The zero-order valence-corrected chi connectivity index (χ0v) is 14.7. The van der Waals surface area contributed by atoms with Crippen LogP contribution < -0.4 is 10.1 Å². The minimum Gasteiger partial charge on any atom is -0.492 e. The van der Waals surface area contributed by atoms with Gasteiger partial charge in [-0.05, 0) is 24.1 Å². The number of carbonyl (C=O) groups is 2. The van der Waals surface area contributed by atoms with Gasteiger partial charge in [-0.15, -0.1) is 0 Å². The molecule has 5 nitrogen and oxygen atoms in total. The maximum absolute atomic E-state index is 12.1. The molecule has 0 bridgehead atoms. The zero-order valence-electron chi connectivity index (χ0n) is 13.9. The quantitative estimate of drug-likeness (QED) is 0.577. The maximum Gasteiger partial charge on any atom is 0.333 e. The van der Waals surface area contributed by atoms with Crippen LogP contribution in [0.3, 0.4) is 0 Å². The molecule has 1 amide bonds. The fourth-order valence-electron chi connectivity index (χ4n) is 2.25. The number of hydrogen-bond donors (Lipinski definition) is 1. The molecule has 1 atom stereocenters. The topological polar surface area (TPSA) is 64.6 Å². The van der Waals surface area contributed by atoms with Crippen molar-refractivity contribution in [1.82, 2.24) is 5.32 Å².